The van der Waals surface area contributed by atoms with Crippen LogP contribution in [0.5, 0.6) is 23.0 Å². The standard InChI is InChI=1S/C28H26O6/c1-17-26(34-23-9-7-6-8-22(23)31-5)25(29)21-15-14-20(16-24(21)32-17)33-27(30)18-10-12-19(13-11-18)28(2,3)4/h6-16H,1-5H3. The fourth-order valence-electron chi connectivity index (χ4n) is 3.54. The molecule has 6 heteroatoms. The summed E-state index contributed by atoms with van der Waals surface area (Å²) >= 11 is 0. The Labute approximate surface area is 197 Å². The van der Waals surface area contributed by atoms with Gasteiger partial charge in [0.15, 0.2) is 11.5 Å². The highest BCUT2D eigenvalue weighted by molar-refractivity contribution is 5.91. The number of rotatable bonds is 5. The molecule has 4 aromatic rings. The quantitative estimate of drug-likeness (QED) is 0.254. The molecule has 4 rings (SSSR count). The molecule has 0 unspecified atom stereocenters. The van der Waals surface area contributed by atoms with Crippen LogP contribution < -0.4 is 19.6 Å². The van der Waals surface area contributed by atoms with E-state index in [2.05, 4.69) is 20.8 Å². The number of benzene rings is 3. The van der Waals surface area contributed by atoms with Gasteiger partial charge in [-0.3, -0.25) is 4.79 Å². The molecular formula is C28H26O6. The highest BCUT2D eigenvalue weighted by atomic mass is 16.5. The van der Waals surface area contributed by atoms with Gasteiger partial charge in [0, 0.05) is 6.07 Å². The van der Waals surface area contributed by atoms with E-state index in [0.29, 0.717) is 33.8 Å². The molecule has 1 heterocycles. The van der Waals surface area contributed by atoms with Crippen LogP contribution in [-0.2, 0) is 5.41 Å². The highest BCUT2D eigenvalue weighted by Crippen LogP contribution is 2.33. The van der Waals surface area contributed by atoms with Crippen LogP contribution in [0.4, 0.5) is 0 Å². The molecule has 0 bridgehead atoms. The minimum absolute atomic E-state index is 0.00953. The van der Waals surface area contributed by atoms with Gasteiger partial charge in [-0.2, -0.15) is 0 Å². The number of fused-ring (bicyclic) bond motifs is 1. The summed E-state index contributed by atoms with van der Waals surface area (Å²) in [5, 5.41) is 0.310. The van der Waals surface area contributed by atoms with Crippen molar-refractivity contribution >= 4 is 16.9 Å². The van der Waals surface area contributed by atoms with E-state index in [-0.39, 0.29) is 22.3 Å². The molecular weight excluding hydrogens is 432 g/mol. The van der Waals surface area contributed by atoms with Crippen LogP contribution in [0.15, 0.2) is 75.9 Å². The van der Waals surface area contributed by atoms with Gasteiger partial charge in [0.25, 0.3) is 0 Å². The van der Waals surface area contributed by atoms with E-state index in [1.165, 1.54) is 13.2 Å². The summed E-state index contributed by atoms with van der Waals surface area (Å²) < 4.78 is 22.5. The third-order valence-electron chi connectivity index (χ3n) is 5.47. The number of para-hydroxylation sites is 2. The number of hydrogen-bond acceptors (Lipinski definition) is 6. The summed E-state index contributed by atoms with van der Waals surface area (Å²) in [5.41, 5.74) is 1.51. The van der Waals surface area contributed by atoms with Crippen LogP contribution in [0.1, 0.15) is 42.5 Å². The summed E-state index contributed by atoms with van der Waals surface area (Å²) in [6.07, 6.45) is 0. The Morgan fingerprint density at radius 3 is 2.24 bits per heavy atom. The molecule has 0 aliphatic carbocycles. The van der Waals surface area contributed by atoms with E-state index in [1.54, 1.807) is 49.4 Å². The lowest BCUT2D eigenvalue weighted by atomic mass is 9.87. The zero-order valence-corrected chi connectivity index (χ0v) is 19.8. The Hall–Kier alpha value is -4.06. The second-order valence-corrected chi connectivity index (χ2v) is 8.94. The third kappa shape index (κ3) is 4.66. The Morgan fingerprint density at radius 2 is 1.59 bits per heavy atom. The van der Waals surface area contributed by atoms with Crippen molar-refractivity contribution in [3.63, 3.8) is 0 Å². The molecule has 6 nitrogen and oxygen atoms in total. The predicted molar refractivity (Wildman–Crippen MR) is 130 cm³/mol. The van der Waals surface area contributed by atoms with Crippen molar-refractivity contribution in [3.8, 4) is 23.0 Å². The van der Waals surface area contributed by atoms with Crippen molar-refractivity contribution in [2.45, 2.75) is 33.1 Å². The molecule has 0 spiro atoms. The van der Waals surface area contributed by atoms with Gasteiger partial charge in [-0.05, 0) is 54.3 Å². The molecule has 0 fully saturated rings. The molecule has 1 aromatic heterocycles. The van der Waals surface area contributed by atoms with Crippen LogP contribution in [0.2, 0.25) is 0 Å². The Morgan fingerprint density at radius 1 is 0.912 bits per heavy atom. The second-order valence-electron chi connectivity index (χ2n) is 8.94. The van der Waals surface area contributed by atoms with Gasteiger partial charge in [0.05, 0.1) is 18.1 Å². The molecule has 0 aliphatic heterocycles. The second kappa shape index (κ2) is 9.06. The monoisotopic (exact) mass is 458 g/mol. The van der Waals surface area contributed by atoms with Crippen molar-refractivity contribution in [2.75, 3.05) is 7.11 Å². The first kappa shape index (κ1) is 23.1. The number of carbonyl (C=O) groups is 1. The van der Waals surface area contributed by atoms with E-state index < -0.39 is 5.97 Å². The van der Waals surface area contributed by atoms with Gasteiger partial charge in [-0.15, -0.1) is 0 Å². The van der Waals surface area contributed by atoms with Gasteiger partial charge in [-0.1, -0.05) is 45.0 Å². The van der Waals surface area contributed by atoms with Crippen molar-refractivity contribution in [1.82, 2.24) is 0 Å². The fraction of sp³-hybridized carbons (Fsp3) is 0.214. The summed E-state index contributed by atoms with van der Waals surface area (Å²) in [6, 6.07) is 19.0. The van der Waals surface area contributed by atoms with Gasteiger partial charge < -0.3 is 18.6 Å². The van der Waals surface area contributed by atoms with Crippen LogP contribution in [-0.4, -0.2) is 13.1 Å². The minimum atomic E-state index is -0.491. The van der Waals surface area contributed by atoms with Gasteiger partial charge >= 0.3 is 5.97 Å². The van der Waals surface area contributed by atoms with E-state index in [9.17, 15) is 9.59 Å². The van der Waals surface area contributed by atoms with Gasteiger partial charge in [0.1, 0.15) is 17.1 Å². The number of methoxy groups -OCH3 is 1. The van der Waals surface area contributed by atoms with E-state index in [4.69, 9.17) is 18.6 Å². The Bertz CT molecular complexity index is 1410. The van der Waals surface area contributed by atoms with Crippen LogP contribution in [0.3, 0.4) is 0 Å². The van der Waals surface area contributed by atoms with Crippen LogP contribution in [0, 0.1) is 6.92 Å². The molecule has 174 valence electrons. The maximum Gasteiger partial charge on any atom is 0.343 e. The van der Waals surface area contributed by atoms with Crippen molar-refractivity contribution in [3.05, 3.63) is 93.8 Å². The normalized spacial score (nSPS) is 11.3. The number of hydrogen-bond donors (Lipinski definition) is 0. The zero-order valence-electron chi connectivity index (χ0n) is 19.8. The zero-order chi connectivity index (χ0) is 24.5. The average Bonchev–Trinajstić information content (AvgIpc) is 2.81. The highest BCUT2D eigenvalue weighted by Gasteiger charge is 2.18. The first-order valence-electron chi connectivity index (χ1n) is 10.9. The van der Waals surface area contributed by atoms with E-state index in [0.717, 1.165) is 5.56 Å². The number of aryl methyl sites for hydroxylation is 1. The molecule has 0 saturated carbocycles. The van der Waals surface area contributed by atoms with Crippen molar-refractivity contribution in [1.29, 1.82) is 0 Å². The number of ether oxygens (including phenoxy) is 3. The molecule has 0 amide bonds. The average molecular weight is 459 g/mol. The van der Waals surface area contributed by atoms with E-state index >= 15 is 0 Å². The maximum absolute atomic E-state index is 13.1. The van der Waals surface area contributed by atoms with Crippen molar-refractivity contribution in [2.24, 2.45) is 0 Å². The Kier molecular flexibility index (Phi) is 6.16. The summed E-state index contributed by atoms with van der Waals surface area (Å²) in [5.74, 6) is 1.06. The van der Waals surface area contributed by atoms with Gasteiger partial charge in [0.2, 0.25) is 11.2 Å². The molecule has 0 radical (unpaired) electrons. The molecule has 0 atom stereocenters. The molecule has 0 N–H and O–H groups in total. The summed E-state index contributed by atoms with van der Waals surface area (Å²) in [7, 11) is 1.53. The minimum Gasteiger partial charge on any atom is -0.493 e. The topological polar surface area (TPSA) is 75.0 Å². The first-order chi connectivity index (χ1) is 16.2. The first-order valence-corrected chi connectivity index (χ1v) is 10.9. The molecule has 3 aromatic carbocycles. The predicted octanol–water partition coefficient (Wildman–Crippen LogP) is 6.42. The Balaban J connectivity index is 1.60. The molecule has 34 heavy (non-hydrogen) atoms. The number of carbonyl (C=O) groups excluding carboxylic acids is 1. The fourth-order valence-corrected chi connectivity index (χ4v) is 3.54. The summed E-state index contributed by atoms with van der Waals surface area (Å²) in [6.45, 7) is 7.97. The SMILES string of the molecule is COc1ccccc1Oc1c(C)oc2cc(OC(=O)c3ccc(C(C)(C)C)cc3)ccc2c1=O. The lowest BCUT2D eigenvalue weighted by Gasteiger charge is -2.18. The number of esters is 1. The lowest BCUT2D eigenvalue weighted by molar-refractivity contribution is 0.0735. The largest absolute Gasteiger partial charge is 0.493 e. The maximum atomic E-state index is 13.1. The molecule has 0 aliphatic rings. The molecule has 0 saturated heterocycles. The van der Waals surface area contributed by atoms with Gasteiger partial charge in [-0.25, -0.2) is 4.79 Å². The van der Waals surface area contributed by atoms with Crippen LogP contribution >= 0.6 is 0 Å². The third-order valence-corrected chi connectivity index (χ3v) is 5.47. The van der Waals surface area contributed by atoms with E-state index in [1.807, 2.05) is 18.2 Å². The smallest absolute Gasteiger partial charge is 0.343 e. The summed E-state index contributed by atoms with van der Waals surface area (Å²) in [4.78, 5) is 25.7. The lowest BCUT2D eigenvalue weighted by Crippen LogP contribution is -2.13. The van der Waals surface area contributed by atoms with Crippen molar-refractivity contribution < 1.29 is 23.4 Å². The van der Waals surface area contributed by atoms with Crippen LogP contribution in [0.25, 0.3) is 11.0 Å².